The lowest BCUT2D eigenvalue weighted by atomic mass is 10.2. The van der Waals surface area contributed by atoms with Crippen LogP contribution in [0.2, 0.25) is 0 Å². The second-order valence-electron chi connectivity index (χ2n) is 9.46. The number of ether oxygens (including phenoxy) is 2. The highest BCUT2D eigenvalue weighted by molar-refractivity contribution is 6.04. The molecule has 43 heavy (non-hydrogen) atoms. The number of Topliss-reactive ketones (excluding diaryl/α,β-unsaturated/α-hetero) is 1. The van der Waals surface area contributed by atoms with Crippen LogP contribution in [0.5, 0.6) is 5.75 Å². The molecule has 4 aromatic rings. The van der Waals surface area contributed by atoms with Gasteiger partial charge in [-0.15, -0.1) is 0 Å². The van der Waals surface area contributed by atoms with E-state index in [1.165, 1.54) is 0 Å². The van der Waals surface area contributed by atoms with Gasteiger partial charge in [-0.2, -0.15) is 15.0 Å². The highest BCUT2D eigenvalue weighted by Crippen LogP contribution is 2.21. The molecule has 3 aromatic carbocycles. The van der Waals surface area contributed by atoms with Crippen LogP contribution in [0.15, 0.2) is 78.9 Å². The van der Waals surface area contributed by atoms with Gasteiger partial charge in [-0.3, -0.25) is 4.79 Å². The standard InChI is InChI=1S/C31H35N7O5/c1-22(39)6-5-18-42-20-21-43-19-17-32-29-36-30(38-31(37-29)35-26-13-15-27(40)16-14-26)34-25-11-9-23(10-12-25)28(41)33-24-7-3-2-4-8-24/h2-4,7-16,40H,5-6,17-21H2,1H3,(H,33,41)(H3,32,34,35,36,37,38). The van der Waals surface area contributed by atoms with Crippen LogP contribution in [-0.2, 0) is 14.3 Å². The molecule has 5 N–H and O–H groups in total. The Hall–Kier alpha value is -5.07. The molecule has 1 heterocycles. The van der Waals surface area contributed by atoms with E-state index in [4.69, 9.17) is 9.47 Å². The number of para-hydroxylation sites is 1. The zero-order valence-corrected chi connectivity index (χ0v) is 23.9. The van der Waals surface area contributed by atoms with Gasteiger partial charge in [0.15, 0.2) is 0 Å². The minimum Gasteiger partial charge on any atom is -0.508 e. The lowest BCUT2D eigenvalue weighted by Gasteiger charge is -2.12. The second kappa shape index (κ2) is 16.4. The summed E-state index contributed by atoms with van der Waals surface area (Å²) < 4.78 is 11.1. The number of phenols is 1. The Morgan fingerprint density at radius 2 is 1.28 bits per heavy atom. The van der Waals surface area contributed by atoms with Crippen LogP contribution in [0, 0.1) is 0 Å². The first-order valence-electron chi connectivity index (χ1n) is 13.9. The summed E-state index contributed by atoms with van der Waals surface area (Å²) in [5, 5.41) is 21.9. The summed E-state index contributed by atoms with van der Waals surface area (Å²) >= 11 is 0. The zero-order valence-electron chi connectivity index (χ0n) is 23.9. The van der Waals surface area contributed by atoms with E-state index >= 15 is 0 Å². The summed E-state index contributed by atoms with van der Waals surface area (Å²) in [5.74, 6) is 0.969. The SMILES string of the molecule is CC(=O)CCCOCCOCCNc1nc(Nc2ccc(O)cc2)nc(Nc2ccc(C(=O)Nc3ccccc3)cc2)n1. The van der Waals surface area contributed by atoms with Gasteiger partial charge >= 0.3 is 0 Å². The normalized spacial score (nSPS) is 10.6. The molecular weight excluding hydrogens is 550 g/mol. The van der Waals surface area contributed by atoms with Crippen molar-refractivity contribution in [3.63, 3.8) is 0 Å². The van der Waals surface area contributed by atoms with Crippen LogP contribution >= 0.6 is 0 Å². The molecule has 0 bridgehead atoms. The number of carbonyl (C=O) groups is 2. The fourth-order valence-corrected chi connectivity index (χ4v) is 3.78. The smallest absolute Gasteiger partial charge is 0.255 e. The molecule has 0 aliphatic rings. The van der Waals surface area contributed by atoms with Crippen molar-refractivity contribution in [1.82, 2.24) is 15.0 Å². The molecule has 0 spiro atoms. The average Bonchev–Trinajstić information content (AvgIpc) is 3.00. The van der Waals surface area contributed by atoms with E-state index in [1.54, 1.807) is 55.5 Å². The first kappa shape index (κ1) is 30.9. The Labute approximate surface area is 249 Å². The van der Waals surface area contributed by atoms with Gasteiger partial charge in [0.2, 0.25) is 17.8 Å². The molecule has 0 fully saturated rings. The monoisotopic (exact) mass is 585 g/mol. The number of nitrogens with zero attached hydrogens (tertiary/aromatic N) is 3. The molecule has 12 heteroatoms. The highest BCUT2D eigenvalue weighted by atomic mass is 16.5. The van der Waals surface area contributed by atoms with E-state index in [2.05, 4.69) is 36.2 Å². The maximum atomic E-state index is 12.6. The summed E-state index contributed by atoms with van der Waals surface area (Å²) in [6.07, 6.45) is 1.23. The Bertz CT molecular complexity index is 1450. The van der Waals surface area contributed by atoms with Crippen molar-refractivity contribution < 1.29 is 24.2 Å². The molecule has 0 saturated carbocycles. The largest absolute Gasteiger partial charge is 0.508 e. The maximum absolute atomic E-state index is 12.6. The van der Waals surface area contributed by atoms with E-state index in [9.17, 15) is 14.7 Å². The van der Waals surface area contributed by atoms with Gasteiger partial charge in [0.25, 0.3) is 5.91 Å². The number of ketones is 1. The minimum absolute atomic E-state index is 0.147. The van der Waals surface area contributed by atoms with Crippen LogP contribution in [0.3, 0.4) is 0 Å². The molecule has 12 nitrogen and oxygen atoms in total. The van der Waals surface area contributed by atoms with Gasteiger partial charge in [0, 0.05) is 42.2 Å². The minimum atomic E-state index is -0.216. The third kappa shape index (κ3) is 11.0. The first-order valence-corrected chi connectivity index (χ1v) is 13.9. The summed E-state index contributed by atoms with van der Waals surface area (Å²) in [5.41, 5.74) is 2.58. The first-order chi connectivity index (χ1) is 20.9. The Morgan fingerprint density at radius 3 is 1.91 bits per heavy atom. The van der Waals surface area contributed by atoms with Crippen molar-refractivity contribution >= 4 is 46.6 Å². The number of carbonyl (C=O) groups excluding carboxylic acids is 2. The molecule has 0 unspecified atom stereocenters. The van der Waals surface area contributed by atoms with Crippen LogP contribution in [0.1, 0.15) is 30.1 Å². The number of aromatic hydroxyl groups is 1. The summed E-state index contributed by atoms with van der Waals surface area (Å²) in [7, 11) is 0. The topological polar surface area (TPSA) is 160 Å². The van der Waals surface area contributed by atoms with E-state index in [0.717, 1.165) is 0 Å². The van der Waals surface area contributed by atoms with E-state index in [0.29, 0.717) is 74.4 Å². The average molecular weight is 586 g/mol. The van der Waals surface area contributed by atoms with Crippen molar-refractivity contribution in [3.8, 4) is 5.75 Å². The number of hydrogen-bond acceptors (Lipinski definition) is 11. The van der Waals surface area contributed by atoms with Crippen molar-refractivity contribution in [3.05, 3.63) is 84.4 Å². The maximum Gasteiger partial charge on any atom is 0.255 e. The molecule has 0 atom stereocenters. The van der Waals surface area contributed by atoms with Crippen molar-refractivity contribution in [2.75, 3.05) is 54.2 Å². The molecule has 224 valence electrons. The summed E-state index contributed by atoms with van der Waals surface area (Å²) in [4.78, 5) is 36.9. The number of benzene rings is 3. The zero-order chi connectivity index (χ0) is 30.3. The molecule has 0 radical (unpaired) electrons. The predicted octanol–water partition coefficient (Wildman–Crippen LogP) is 5.13. The predicted molar refractivity (Wildman–Crippen MR) is 165 cm³/mol. The lowest BCUT2D eigenvalue weighted by molar-refractivity contribution is -0.117. The number of rotatable bonds is 17. The Kier molecular flexibility index (Phi) is 11.8. The lowest BCUT2D eigenvalue weighted by Crippen LogP contribution is -2.15. The quantitative estimate of drug-likeness (QED) is 0.0825. The third-order valence-corrected chi connectivity index (χ3v) is 5.91. The molecule has 1 amide bonds. The molecule has 0 saturated heterocycles. The number of anilines is 6. The van der Waals surface area contributed by atoms with Gasteiger partial charge in [0.1, 0.15) is 11.5 Å². The van der Waals surface area contributed by atoms with Crippen molar-refractivity contribution in [2.45, 2.75) is 19.8 Å². The van der Waals surface area contributed by atoms with Crippen LogP contribution in [-0.4, -0.2) is 64.7 Å². The molecule has 4 rings (SSSR count). The number of hydrogen-bond donors (Lipinski definition) is 5. The van der Waals surface area contributed by atoms with Gasteiger partial charge in [-0.25, -0.2) is 0 Å². The van der Waals surface area contributed by atoms with Gasteiger partial charge in [0.05, 0.1) is 19.8 Å². The summed E-state index contributed by atoms with van der Waals surface area (Å²) in [6.45, 7) is 3.82. The van der Waals surface area contributed by atoms with Gasteiger partial charge in [-0.1, -0.05) is 18.2 Å². The second-order valence-corrected chi connectivity index (χ2v) is 9.46. The molecular formula is C31H35N7O5. The van der Waals surface area contributed by atoms with Crippen LogP contribution < -0.4 is 21.3 Å². The number of nitrogens with one attached hydrogen (secondary N) is 4. The van der Waals surface area contributed by atoms with E-state index in [1.807, 2.05) is 30.3 Å². The number of phenolic OH excluding ortho intramolecular Hbond substituents is 1. The van der Waals surface area contributed by atoms with Gasteiger partial charge < -0.3 is 40.6 Å². The fraction of sp³-hybridized carbons (Fsp3) is 0.258. The number of aromatic nitrogens is 3. The number of amides is 1. The Morgan fingerprint density at radius 1 is 0.698 bits per heavy atom. The molecule has 1 aromatic heterocycles. The third-order valence-electron chi connectivity index (χ3n) is 5.91. The van der Waals surface area contributed by atoms with E-state index in [-0.39, 0.29) is 29.3 Å². The van der Waals surface area contributed by atoms with E-state index < -0.39 is 0 Å². The molecule has 0 aliphatic carbocycles. The van der Waals surface area contributed by atoms with Gasteiger partial charge in [-0.05, 0) is 74.0 Å². The van der Waals surface area contributed by atoms with Crippen molar-refractivity contribution in [2.24, 2.45) is 0 Å². The highest BCUT2D eigenvalue weighted by Gasteiger charge is 2.10. The summed E-state index contributed by atoms with van der Waals surface area (Å²) in [6, 6.07) is 22.7. The Balaban J connectivity index is 1.34. The van der Waals surface area contributed by atoms with Crippen molar-refractivity contribution in [1.29, 1.82) is 0 Å². The van der Waals surface area contributed by atoms with Crippen LogP contribution in [0.4, 0.5) is 34.9 Å². The fourth-order valence-electron chi connectivity index (χ4n) is 3.78. The molecule has 0 aliphatic heterocycles. The van der Waals surface area contributed by atoms with Crippen LogP contribution in [0.25, 0.3) is 0 Å².